The summed E-state index contributed by atoms with van der Waals surface area (Å²) in [6, 6.07) is 66.8. The molecule has 0 spiro atoms. The van der Waals surface area contributed by atoms with Gasteiger partial charge in [0.1, 0.15) is 0 Å². The number of nitrogens with zero attached hydrogens (tertiary/aromatic N) is 6. The van der Waals surface area contributed by atoms with Gasteiger partial charge in [0, 0.05) is 47.5 Å². The van der Waals surface area contributed by atoms with Crippen LogP contribution in [0.25, 0.3) is 56.7 Å². The predicted octanol–water partition coefficient (Wildman–Crippen LogP) is 12.6. The number of rotatable bonds is 10. The molecule has 2 N–H and O–H groups in total. The maximum atomic E-state index is 4.95. The third-order valence-corrected chi connectivity index (χ3v) is 11.5. The number of pyridine rings is 6. The average molecular weight is 811 g/mol. The molecule has 4 aromatic carbocycles. The number of nitrogens with one attached hydrogen (secondary N) is 2. The average Bonchev–Trinajstić information content (AvgIpc) is 3.66. The summed E-state index contributed by atoms with van der Waals surface area (Å²) in [6.45, 7) is 0. The van der Waals surface area contributed by atoms with Crippen LogP contribution >= 0.6 is 0 Å². The van der Waals surface area contributed by atoms with E-state index in [1.54, 1.807) is 24.8 Å². The van der Waals surface area contributed by atoms with E-state index in [2.05, 4.69) is 128 Å². The van der Waals surface area contributed by atoms with Crippen molar-refractivity contribution in [1.29, 1.82) is 0 Å². The number of anilines is 4. The van der Waals surface area contributed by atoms with Gasteiger partial charge in [-0.1, -0.05) is 97.1 Å². The maximum absolute atomic E-state index is 4.95. The Hall–Kier alpha value is -8.62. The quantitative estimate of drug-likeness (QED) is 0.141. The molecule has 0 saturated carbocycles. The van der Waals surface area contributed by atoms with Crippen molar-refractivity contribution in [3.8, 4) is 56.7 Å². The second kappa shape index (κ2) is 16.1. The summed E-state index contributed by atoms with van der Waals surface area (Å²) in [7, 11) is 0. The first-order valence-corrected chi connectivity index (χ1v) is 20.8. The third-order valence-electron chi connectivity index (χ3n) is 11.5. The number of fused-ring (bicyclic) bond motifs is 3. The second-order valence-corrected chi connectivity index (χ2v) is 15.4. The largest absolute Gasteiger partial charge is 0.355 e. The van der Waals surface area contributed by atoms with Crippen molar-refractivity contribution in [2.45, 2.75) is 5.41 Å². The van der Waals surface area contributed by atoms with Crippen LogP contribution < -0.4 is 10.6 Å². The molecule has 6 heterocycles. The van der Waals surface area contributed by atoms with Crippen molar-refractivity contribution >= 4 is 22.7 Å². The SMILES string of the molecule is c1ccc(-c2cc(Nc3ccc(C4(c5ccc(Nc6cc(-c7ccccn7)nc(-c7ccccn7)c6)cc5)c5ccccc5-c5ccccc54)cc3)cc(-c3ccccn3)n2)nc1. The van der Waals surface area contributed by atoms with Crippen molar-refractivity contribution in [2.24, 2.45) is 0 Å². The molecule has 6 aromatic heterocycles. The van der Waals surface area contributed by atoms with Crippen LogP contribution in [0.15, 0.2) is 219 Å². The summed E-state index contributed by atoms with van der Waals surface area (Å²) in [4.78, 5) is 28.3. The predicted molar refractivity (Wildman–Crippen MR) is 252 cm³/mol. The molecule has 0 amide bonds. The first kappa shape index (κ1) is 37.4. The Labute approximate surface area is 365 Å². The Bertz CT molecular complexity index is 2860. The first-order chi connectivity index (χ1) is 31.2. The number of hydrogen-bond acceptors (Lipinski definition) is 8. The minimum atomic E-state index is -0.575. The van der Waals surface area contributed by atoms with E-state index in [-0.39, 0.29) is 0 Å². The molecule has 10 aromatic rings. The molecule has 8 heteroatoms. The summed E-state index contributed by atoms with van der Waals surface area (Å²) in [5.41, 5.74) is 16.6. The summed E-state index contributed by atoms with van der Waals surface area (Å²) < 4.78 is 0. The van der Waals surface area contributed by atoms with Gasteiger partial charge in [-0.2, -0.15) is 0 Å². The van der Waals surface area contributed by atoms with E-state index in [4.69, 9.17) is 9.97 Å². The topological polar surface area (TPSA) is 101 Å². The molecule has 0 fully saturated rings. The van der Waals surface area contributed by atoms with Crippen LogP contribution in [0.4, 0.5) is 22.7 Å². The Morgan fingerprint density at radius 2 is 0.603 bits per heavy atom. The zero-order valence-electron chi connectivity index (χ0n) is 34.0. The van der Waals surface area contributed by atoms with Crippen molar-refractivity contribution in [1.82, 2.24) is 29.9 Å². The molecule has 298 valence electrons. The van der Waals surface area contributed by atoms with Crippen molar-refractivity contribution in [3.63, 3.8) is 0 Å². The van der Waals surface area contributed by atoms with E-state index >= 15 is 0 Å². The van der Waals surface area contributed by atoms with Crippen LogP contribution in [-0.2, 0) is 5.41 Å². The minimum absolute atomic E-state index is 0.575. The van der Waals surface area contributed by atoms with Crippen LogP contribution in [0.1, 0.15) is 22.3 Å². The highest BCUT2D eigenvalue weighted by atomic mass is 14.9. The first-order valence-electron chi connectivity index (χ1n) is 20.8. The molecule has 0 radical (unpaired) electrons. The zero-order valence-corrected chi connectivity index (χ0v) is 34.0. The van der Waals surface area contributed by atoms with E-state index in [1.807, 2.05) is 97.1 Å². The van der Waals surface area contributed by atoms with Crippen LogP contribution in [0.5, 0.6) is 0 Å². The van der Waals surface area contributed by atoms with Gasteiger partial charge in [-0.15, -0.1) is 0 Å². The van der Waals surface area contributed by atoms with E-state index in [0.29, 0.717) is 0 Å². The fraction of sp³-hybridized carbons (Fsp3) is 0.0182. The lowest BCUT2D eigenvalue weighted by Gasteiger charge is -2.34. The number of hydrogen-bond donors (Lipinski definition) is 2. The molecule has 1 aliphatic carbocycles. The molecular formula is C55H38N8. The van der Waals surface area contributed by atoms with Gasteiger partial charge in [0.15, 0.2) is 0 Å². The molecule has 0 aliphatic heterocycles. The zero-order chi connectivity index (χ0) is 42.0. The fourth-order valence-corrected chi connectivity index (χ4v) is 8.75. The summed E-state index contributed by atoms with van der Waals surface area (Å²) in [6.07, 6.45) is 7.15. The van der Waals surface area contributed by atoms with Crippen LogP contribution in [0.3, 0.4) is 0 Å². The number of benzene rings is 4. The van der Waals surface area contributed by atoms with Crippen molar-refractivity contribution in [3.05, 3.63) is 241 Å². The summed E-state index contributed by atoms with van der Waals surface area (Å²) in [5, 5.41) is 7.35. The molecule has 0 bridgehead atoms. The van der Waals surface area contributed by atoms with Gasteiger partial charge >= 0.3 is 0 Å². The Morgan fingerprint density at radius 3 is 0.921 bits per heavy atom. The van der Waals surface area contributed by atoms with Gasteiger partial charge in [0.25, 0.3) is 0 Å². The lowest BCUT2D eigenvalue weighted by Crippen LogP contribution is -2.28. The lowest BCUT2D eigenvalue weighted by molar-refractivity contribution is 0.769. The highest BCUT2D eigenvalue weighted by Crippen LogP contribution is 2.56. The van der Waals surface area contributed by atoms with Gasteiger partial charge in [-0.05, 0) is 130 Å². The van der Waals surface area contributed by atoms with Crippen LogP contribution in [-0.4, -0.2) is 29.9 Å². The standard InChI is InChI=1S/C55H38N8/c1-3-15-45-43(13-1)44-14-2-4-16-46(44)55(45,37-21-25-39(26-22-37)60-41-33-51(47-17-5-9-29-56-47)62-52(34-41)48-18-6-10-30-57-48)38-23-27-40(28-24-38)61-42-35-53(49-19-7-11-31-58-49)63-54(36-42)50-20-8-12-32-59-50/h1-36H,(H,60,62)(H,61,63). The maximum Gasteiger partial charge on any atom is 0.0915 e. The lowest BCUT2D eigenvalue weighted by atomic mass is 9.67. The highest BCUT2D eigenvalue weighted by Gasteiger charge is 2.45. The van der Waals surface area contributed by atoms with Gasteiger partial charge in [-0.3, -0.25) is 19.9 Å². The smallest absolute Gasteiger partial charge is 0.0915 e. The van der Waals surface area contributed by atoms with Gasteiger partial charge < -0.3 is 10.6 Å². The Morgan fingerprint density at radius 1 is 0.286 bits per heavy atom. The Kier molecular flexibility index (Phi) is 9.55. The van der Waals surface area contributed by atoms with E-state index in [9.17, 15) is 0 Å². The normalized spacial score (nSPS) is 12.3. The molecule has 11 rings (SSSR count). The molecule has 0 atom stereocenters. The molecule has 8 nitrogen and oxygen atoms in total. The second-order valence-electron chi connectivity index (χ2n) is 15.4. The van der Waals surface area contributed by atoms with Crippen LogP contribution in [0, 0.1) is 0 Å². The fourth-order valence-electron chi connectivity index (χ4n) is 8.75. The van der Waals surface area contributed by atoms with Gasteiger partial charge in [0.2, 0.25) is 0 Å². The minimum Gasteiger partial charge on any atom is -0.355 e. The van der Waals surface area contributed by atoms with Gasteiger partial charge in [0.05, 0.1) is 51.0 Å². The number of aromatic nitrogens is 6. The Balaban J connectivity index is 0.971. The summed E-state index contributed by atoms with van der Waals surface area (Å²) in [5.74, 6) is 0. The van der Waals surface area contributed by atoms with Gasteiger partial charge in [-0.25, -0.2) is 9.97 Å². The molecule has 1 aliphatic rings. The third kappa shape index (κ3) is 7.05. The molecule has 0 unspecified atom stereocenters. The highest BCUT2D eigenvalue weighted by molar-refractivity contribution is 5.87. The van der Waals surface area contributed by atoms with E-state index < -0.39 is 5.41 Å². The van der Waals surface area contributed by atoms with Crippen molar-refractivity contribution in [2.75, 3.05) is 10.6 Å². The van der Waals surface area contributed by atoms with Crippen LogP contribution in [0.2, 0.25) is 0 Å². The molecular weight excluding hydrogens is 773 g/mol. The van der Waals surface area contributed by atoms with E-state index in [1.165, 1.54) is 33.4 Å². The monoisotopic (exact) mass is 810 g/mol. The molecule has 63 heavy (non-hydrogen) atoms. The summed E-state index contributed by atoms with van der Waals surface area (Å²) >= 11 is 0. The van der Waals surface area contributed by atoms with E-state index in [0.717, 1.165) is 68.3 Å². The van der Waals surface area contributed by atoms with Crippen molar-refractivity contribution < 1.29 is 0 Å². The molecule has 0 saturated heterocycles.